The molecule has 1 aliphatic heterocycles. The van der Waals surface area contributed by atoms with Crippen LogP contribution in [0.2, 0.25) is 0 Å². The Morgan fingerprint density at radius 2 is 1.73 bits per heavy atom. The maximum atomic E-state index is 11.7. The molecule has 1 unspecified atom stereocenters. The van der Waals surface area contributed by atoms with Crippen LogP contribution in [0.4, 0.5) is 0 Å². The van der Waals surface area contributed by atoms with Crippen LogP contribution >= 0.6 is 0 Å². The lowest BCUT2D eigenvalue weighted by atomic mass is 9.83. The second kappa shape index (κ2) is 14.1. The van der Waals surface area contributed by atoms with Crippen molar-refractivity contribution in [1.29, 1.82) is 0 Å². The molecule has 13 heteroatoms. The van der Waals surface area contributed by atoms with E-state index in [4.69, 9.17) is 29.9 Å². The number of fused-ring (bicyclic) bond motifs is 1. The van der Waals surface area contributed by atoms with E-state index < -0.39 is 42.0 Å². The number of aromatic nitrogens is 2. The topological polar surface area (TPSA) is 200 Å². The Morgan fingerprint density at radius 1 is 1.05 bits per heavy atom. The number of allylic oxidation sites excluding steroid dienone is 2. The Bertz CT molecular complexity index is 1100. The third-order valence-electron chi connectivity index (χ3n) is 7.96. The first-order chi connectivity index (χ1) is 19.4. The van der Waals surface area contributed by atoms with Crippen molar-refractivity contribution in [3.05, 3.63) is 23.9 Å². The molecule has 0 bridgehead atoms. The van der Waals surface area contributed by atoms with Crippen LogP contribution in [0, 0.1) is 17.8 Å². The van der Waals surface area contributed by atoms with E-state index in [1.165, 1.54) is 19.3 Å². The van der Waals surface area contributed by atoms with Crippen LogP contribution in [0.15, 0.2) is 18.3 Å². The largest absolute Gasteiger partial charge is 0.481 e. The van der Waals surface area contributed by atoms with E-state index >= 15 is 0 Å². The second-order valence-corrected chi connectivity index (χ2v) is 10.9. The summed E-state index contributed by atoms with van der Waals surface area (Å²) in [5, 5.41) is 45.6. The maximum Gasteiger partial charge on any atom is 0.336 e. The van der Waals surface area contributed by atoms with Crippen molar-refractivity contribution in [2.45, 2.75) is 70.0 Å². The number of hydrogen-bond donors (Lipinski definition) is 5. The molecule has 4 rings (SSSR count). The van der Waals surface area contributed by atoms with E-state index in [0.29, 0.717) is 31.0 Å². The van der Waals surface area contributed by atoms with Gasteiger partial charge in [-0.2, -0.15) is 4.98 Å². The van der Waals surface area contributed by atoms with Crippen molar-refractivity contribution in [3.8, 4) is 11.9 Å². The van der Waals surface area contributed by atoms with Gasteiger partial charge in [-0.15, -0.1) is 0 Å². The van der Waals surface area contributed by atoms with Gasteiger partial charge in [-0.05, 0) is 57.8 Å². The third kappa shape index (κ3) is 8.14. The summed E-state index contributed by atoms with van der Waals surface area (Å²) in [6.07, 6.45) is 9.54. The number of nitrogens with zero attached hydrogens (tertiary/aromatic N) is 3. The number of aliphatic hydroxyl groups is 2. The van der Waals surface area contributed by atoms with Crippen LogP contribution in [0.1, 0.15) is 64.4 Å². The second-order valence-electron chi connectivity index (χ2n) is 10.9. The van der Waals surface area contributed by atoms with E-state index in [2.05, 4.69) is 27.0 Å². The minimum Gasteiger partial charge on any atom is -0.481 e. The van der Waals surface area contributed by atoms with E-state index in [9.17, 15) is 19.5 Å². The summed E-state index contributed by atoms with van der Waals surface area (Å²) in [6, 6.07) is 0.311. The van der Waals surface area contributed by atoms with Gasteiger partial charge in [0.05, 0.1) is 31.6 Å². The zero-order valence-electron chi connectivity index (χ0n) is 23.6. The van der Waals surface area contributed by atoms with Crippen molar-refractivity contribution < 1.29 is 49.4 Å². The summed E-state index contributed by atoms with van der Waals surface area (Å²) >= 11 is 0. The quantitative estimate of drug-likeness (QED) is 0.225. The van der Waals surface area contributed by atoms with Crippen LogP contribution in [0.25, 0.3) is 0 Å². The number of aliphatic carboxylic acids is 3. The highest BCUT2D eigenvalue weighted by molar-refractivity contribution is 5.88. The Balaban J connectivity index is 0.000000302. The lowest BCUT2D eigenvalue weighted by molar-refractivity contribution is -0.170. The van der Waals surface area contributed by atoms with Gasteiger partial charge < -0.3 is 39.9 Å². The molecular weight excluding hydrogens is 538 g/mol. The van der Waals surface area contributed by atoms with Crippen LogP contribution in [-0.2, 0) is 20.0 Å². The molecule has 228 valence electrons. The van der Waals surface area contributed by atoms with Gasteiger partial charge in [0.1, 0.15) is 5.60 Å². The molecule has 1 saturated carbocycles. The number of carboxylic acids is 3. The Hall–Kier alpha value is -3.29. The molecule has 2 fully saturated rings. The first-order valence-electron chi connectivity index (χ1n) is 14.0. The van der Waals surface area contributed by atoms with Gasteiger partial charge in [0.25, 0.3) is 0 Å². The minimum absolute atomic E-state index is 0.215. The van der Waals surface area contributed by atoms with E-state index in [-0.39, 0.29) is 5.92 Å². The molecule has 2 aliphatic carbocycles. The number of hydrogen-bond acceptors (Lipinski definition) is 10. The maximum absolute atomic E-state index is 11.7. The van der Waals surface area contributed by atoms with E-state index in [0.717, 1.165) is 44.0 Å². The molecular formula is C28H41N3O10. The summed E-state index contributed by atoms with van der Waals surface area (Å²) < 4.78 is 11.2. The highest BCUT2D eigenvalue weighted by Crippen LogP contribution is 2.52. The normalized spacial score (nSPS) is 25.6. The SMILES string of the molecule is CCOc1ncc([C@]2(O)CC[C@H]3CN(CC4CC=CCC4)C[C@H]32)c(OCC)n1.O=C(O)CC(O)(CC(=O)O)C(=O)O. The smallest absolute Gasteiger partial charge is 0.336 e. The molecule has 1 saturated heterocycles. The van der Waals surface area contributed by atoms with Gasteiger partial charge in [0.15, 0.2) is 5.60 Å². The predicted octanol–water partition coefficient (Wildman–Crippen LogP) is 1.91. The number of ether oxygens (including phenoxy) is 2. The molecule has 2 heterocycles. The van der Waals surface area contributed by atoms with Crippen LogP contribution in [0.3, 0.4) is 0 Å². The lowest BCUT2D eigenvalue weighted by Crippen LogP contribution is -2.42. The zero-order valence-corrected chi connectivity index (χ0v) is 23.6. The molecule has 1 aromatic heterocycles. The fourth-order valence-corrected chi connectivity index (χ4v) is 6.06. The predicted molar refractivity (Wildman–Crippen MR) is 144 cm³/mol. The number of carbonyl (C=O) groups is 3. The molecule has 1 aromatic rings. The Kier molecular flexibility index (Phi) is 11.0. The molecule has 0 amide bonds. The molecule has 0 aromatic carbocycles. The molecule has 13 nitrogen and oxygen atoms in total. The Labute approximate surface area is 238 Å². The van der Waals surface area contributed by atoms with Crippen molar-refractivity contribution >= 4 is 17.9 Å². The van der Waals surface area contributed by atoms with Crippen LogP contribution in [-0.4, -0.2) is 96.8 Å². The van der Waals surface area contributed by atoms with Gasteiger partial charge in [0, 0.05) is 31.7 Å². The van der Waals surface area contributed by atoms with Gasteiger partial charge in [0.2, 0.25) is 5.88 Å². The molecule has 4 atom stereocenters. The van der Waals surface area contributed by atoms with Crippen molar-refractivity contribution in [2.24, 2.45) is 17.8 Å². The van der Waals surface area contributed by atoms with E-state index in [1.54, 1.807) is 6.20 Å². The highest BCUT2D eigenvalue weighted by atomic mass is 16.5. The van der Waals surface area contributed by atoms with Gasteiger partial charge in [-0.3, -0.25) is 9.59 Å². The summed E-state index contributed by atoms with van der Waals surface area (Å²) in [7, 11) is 0. The third-order valence-corrected chi connectivity index (χ3v) is 7.96. The lowest BCUT2D eigenvalue weighted by Gasteiger charge is -2.32. The number of likely N-dealkylation sites (tertiary alicyclic amines) is 1. The fourth-order valence-electron chi connectivity index (χ4n) is 6.06. The van der Waals surface area contributed by atoms with E-state index in [1.807, 2.05) is 13.8 Å². The summed E-state index contributed by atoms with van der Waals surface area (Å²) in [4.78, 5) is 41.8. The first kappa shape index (κ1) is 32.2. The molecule has 0 spiro atoms. The number of rotatable bonds is 12. The fraction of sp³-hybridized carbons (Fsp3) is 0.679. The van der Waals surface area contributed by atoms with Crippen molar-refractivity contribution in [3.63, 3.8) is 0 Å². The first-order valence-corrected chi connectivity index (χ1v) is 14.0. The summed E-state index contributed by atoms with van der Waals surface area (Å²) in [5.74, 6) is -3.04. The highest BCUT2D eigenvalue weighted by Gasteiger charge is 2.54. The monoisotopic (exact) mass is 579 g/mol. The van der Waals surface area contributed by atoms with Gasteiger partial charge in [-0.1, -0.05) is 12.2 Å². The molecule has 5 N–H and O–H groups in total. The van der Waals surface area contributed by atoms with Crippen LogP contribution in [0.5, 0.6) is 11.9 Å². The molecule has 41 heavy (non-hydrogen) atoms. The van der Waals surface area contributed by atoms with Crippen molar-refractivity contribution in [1.82, 2.24) is 14.9 Å². The zero-order chi connectivity index (χ0) is 30.2. The average molecular weight is 580 g/mol. The molecule has 0 radical (unpaired) electrons. The summed E-state index contributed by atoms with van der Waals surface area (Å²) in [5.41, 5.74) is -2.92. The minimum atomic E-state index is -2.74. The number of carboxylic acid groups (broad SMARTS) is 3. The van der Waals surface area contributed by atoms with Gasteiger partial charge in [-0.25, -0.2) is 9.78 Å². The van der Waals surface area contributed by atoms with Gasteiger partial charge >= 0.3 is 23.9 Å². The average Bonchev–Trinajstić information content (AvgIpc) is 3.44. The standard InChI is InChI=1S/C22H33N3O3.C6H8O7/c1-3-27-20-18(12-23-21(24-20)28-4-2)22(26)11-10-17-14-25(15-19(17)22)13-16-8-6-5-7-9-16;7-3(8)1-6(13,5(11)12)2-4(9)10/h5-6,12,16-17,19,26H,3-4,7-11,13-15H2,1-2H3;13H,1-2H2,(H,7,8)(H,9,10)(H,11,12)/t16?,17-,19+,22+;/m0./s1. The molecule has 3 aliphatic rings. The Morgan fingerprint density at radius 3 is 2.29 bits per heavy atom. The summed E-state index contributed by atoms with van der Waals surface area (Å²) in [6.45, 7) is 8.03. The van der Waals surface area contributed by atoms with Crippen LogP contribution < -0.4 is 9.47 Å². The van der Waals surface area contributed by atoms with Crippen molar-refractivity contribution in [2.75, 3.05) is 32.8 Å².